The molecule has 210 valence electrons. The van der Waals surface area contributed by atoms with Crippen LogP contribution in [0.5, 0.6) is 0 Å². The topological polar surface area (TPSA) is 57.5 Å². The second-order valence-corrected chi connectivity index (χ2v) is 11.2. The lowest BCUT2D eigenvalue weighted by Crippen LogP contribution is -2.28. The predicted octanol–water partition coefficient (Wildman–Crippen LogP) is 9.85. The minimum atomic E-state index is -0.882. The van der Waals surface area contributed by atoms with Gasteiger partial charge in [0.1, 0.15) is 5.78 Å². The highest BCUT2D eigenvalue weighted by atomic mass is 16.3. The number of rotatable bonds is 29. The second-order valence-electron chi connectivity index (χ2n) is 11.2. The highest BCUT2D eigenvalue weighted by molar-refractivity contribution is 5.78. The van der Waals surface area contributed by atoms with E-state index in [1.165, 1.54) is 128 Å². The molecule has 0 fully saturated rings. The molecular formula is C32H64O3. The molecule has 0 amide bonds. The van der Waals surface area contributed by atoms with Gasteiger partial charge in [0.2, 0.25) is 0 Å². The van der Waals surface area contributed by atoms with E-state index in [-0.39, 0.29) is 12.2 Å². The van der Waals surface area contributed by atoms with Gasteiger partial charge in [-0.1, -0.05) is 162 Å². The minimum Gasteiger partial charge on any atom is -0.390 e. The van der Waals surface area contributed by atoms with E-state index in [9.17, 15) is 15.0 Å². The number of aliphatic hydroxyl groups excluding tert-OH is 2. The predicted molar refractivity (Wildman–Crippen MR) is 153 cm³/mol. The number of carbonyl (C=O) groups is 1. The quantitative estimate of drug-likeness (QED) is 0.101. The van der Waals surface area contributed by atoms with E-state index in [4.69, 9.17) is 0 Å². The molecule has 1 unspecified atom stereocenters. The van der Waals surface area contributed by atoms with Gasteiger partial charge in [-0.05, 0) is 12.8 Å². The third-order valence-electron chi connectivity index (χ3n) is 7.54. The zero-order chi connectivity index (χ0) is 25.8. The van der Waals surface area contributed by atoms with Gasteiger partial charge in [-0.15, -0.1) is 0 Å². The standard InChI is InChI=1S/C32H64O3/c1-3-5-7-9-11-13-15-16-18-19-21-23-25-27-30(33)29-32(35)31(34)28-26-24-22-20-17-14-12-10-8-6-4-2/h31-32,34-35H,3-29H2,1-2H3/t31-,32?/m0/s1. The van der Waals surface area contributed by atoms with Crippen LogP contribution in [0, 0.1) is 0 Å². The Bertz CT molecular complexity index is 423. The molecule has 0 aromatic carbocycles. The smallest absolute Gasteiger partial charge is 0.135 e. The van der Waals surface area contributed by atoms with Crippen LogP contribution in [0.4, 0.5) is 0 Å². The fourth-order valence-corrected chi connectivity index (χ4v) is 5.02. The Morgan fingerprint density at radius 3 is 1.14 bits per heavy atom. The summed E-state index contributed by atoms with van der Waals surface area (Å²) in [6.07, 6.45) is 30.7. The molecule has 2 atom stereocenters. The largest absolute Gasteiger partial charge is 0.390 e. The van der Waals surface area contributed by atoms with Gasteiger partial charge in [0.15, 0.2) is 0 Å². The maximum absolute atomic E-state index is 12.1. The first-order valence-corrected chi connectivity index (χ1v) is 16.0. The number of ketones is 1. The zero-order valence-corrected chi connectivity index (χ0v) is 24.0. The van der Waals surface area contributed by atoms with E-state index in [2.05, 4.69) is 13.8 Å². The molecule has 3 heteroatoms. The van der Waals surface area contributed by atoms with Crippen molar-refractivity contribution < 1.29 is 15.0 Å². The molecule has 0 radical (unpaired) electrons. The molecule has 0 rings (SSSR count). The SMILES string of the molecule is CCCCCCCCCCCCCCCC(=O)CC(O)[C@@H](O)CCCCCCCCCCCCC. The molecule has 2 N–H and O–H groups in total. The van der Waals surface area contributed by atoms with E-state index in [0.717, 1.165) is 25.7 Å². The van der Waals surface area contributed by atoms with Gasteiger partial charge >= 0.3 is 0 Å². The van der Waals surface area contributed by atoms with Gasteiger partial charge in [0.05, 0.1) is 12.2 Å². The summed E-state index contributed by atoms with van der Waals surface area (Å²) in [5.41, 5.74) is 0. The summed E-state index contributed by atoms with van der Waals surface area (Å²) in [7, 11) is 0. The van der Waals surface area contributed by atoms with Gasteiger partial charge in [0.25, 0.3) is 0 Å². The first-order valence-electron chi connectivity index (χ1n) is 16.0. The minimum absolute atomic E-state index is 0.110. The molecular weight excluding hydrogens is 432 g/mol. The van der Waals surface area contributed by atoms with Crippen molar-refractivity contribution in [3.63, 3.8) is 0 Å². The Hall–Kier alpha value is -0.410. The van der Waals surface area contributed by atoms with Crippen molar-refractivity contribution in [3.05, 3.63) is 0 Å². The number of hydrogen-bond donors (Lipinski definition) is 2. The van der Waals surface area contributed by atoms with Crippen molar-refractivity contribution in [2.24, 2.45) is 0 Å². The first kappa shape index (κ1) is 34.6. The van der Waals surface area contributed by atoms with Gasteiger partial charge < -0.3 is 10.2 Å². The van der Waals surface area contributed by atoms with Crippen molar-refractivity contribution in [1.29, 1.82) is 0 Å². The Morgan fingerprint density at radius 2 is 0.771 bits per heavy atom. The summed E-state index contributed by atoms with van der Waals surface area (Å²) in [4.78, 5) is 12.1. The molecule has 0 aromatic rings. The van der Waals surface area contributed by atoms with Gasteiger partial charge in [-0.3, -0.25) is 4.79 Å². The second kappa shape index (κ2) is 28.2. The molecule has 0 saturated carbocycles. The summed E-state index contributed by atoms with van der Waals surface area (Å²) < 4.78 is 0. The number of hydrogen-bond acceptors (Lipinski definition) is 3. The van der Waals surface area contributed by atoms with Gasteiger partial charge in [-0.2, -0.15) is 0 Å². The molecule has 0 saturated heterocycles. The lowest BCUT2D eigenvalue weighted by Gasteiger charge is -2.17. The third-order valence-corrected chi connectivity index (χ3v) is 7.54. The lowest BCUT2D eigenvalue weighted by atomic mass is 9.98. The molecule has 3 nitrogen and oxygen atoms in total. The van der Waals surface area contributed by atoms with E-state index >= 15 is 0 Å². The number of carbonyl (C=O) groups excluding carboxylic acids is 1. The summed E-state index contributed by atoms with van der Waals surface area (Å²) >= 11 is 0. The summed E-state index contributed by atoms with van der Waals surface area (Å²) in [5, 5.41) is 20.4. The average Bonchev–Trinajstić information content (AvgIpc) is 2.85. The molecule has 0 aliphatic heterocycles. The summed E-state index contributed by atoms with van der Waals surface area (Å²) in [6, 6.07) is 0. The van der Waals surface area contributed by atoms with Gasteiger partial charge in [0, 0.05) is 12.8 Å². The van der Waals surface area contributed by atoms with E-state index < -0.39 is 12.2 Å². The maximum Gasteiger partial charge on any atom is 0.135 e. The highest BCUT2D eigenvalue weighted by Crippen LogP contribution is 2.16. The Balaban J connectivity index is 3.43. The Kier molecular flexibility index (Phi) is 27.8. The first-order chi connectivity index (χ1) is 17.1. The molecule has 0 aliphatic carbocycles. The van der Waals surface area contributed by atoms with Crippen LogP contribution in [0.2, 0.25) is 0 Å². The molecule has 0 spiro atoms. The van der Waals surface area contributed by atoms with Crippen molar-refractivity contribution >= 4 is 5.78 Å². The fourth-order valence-electron chi connectivity index (χ4n) is 5.02. The van der Waals surface area contributed by atoms with Crippen LogP contribution in [-0.2, 0) is 4.79 Å². The zero-order valence-electron chi connectivity index (χ0n) is 24.0. The average molecular weight is 497 g/mol. The normalized spacial score (nSPS) is 13.3. The van der Waals surface area contributed by atoms with E-state index in [1.54, 1.807) is 0 Å². The molecule has 35 heavy (non-hydrogen) atoms. The monoisotopic (exact) mass is 496 g/mol. The van der Waals surface area contributed by atoms with Crippen LogP contribution in [0.3, 0.4) is 0 Å². The molecule has 0 bridgehead atoms. The van der Waals surface area contributed by atoms with Crippen molar-refractivity contribution in [2.75, 3.05) is 0 Å². The van der Waals surface area contributed by atoms with Crippen LogP contribution in [-0.4, -0.2) is 28.2 Å². The van der Waals surface area contributed by atoms with Crippen LogP contribution < -0.4 is 0 Å². The van der Waals surface area contributed by atoms with Crippen LogP contribution in [0.1, 0.15) is 187 Å². The molecule has 0 heterocycles. The molecule has 0 aliphatic rings. The highest BCUT2D eigenvalue weighted by Gasteiger charge is 2.19. The van der Waals surface area contributed by atoms with Crippen molar-refractivity contribution in [3.8, 4) is 0 Å². The van der Waals surface area contributed by atoms with Crippen molar-refractivity contribution in [2.45, 2.75) is 199 Å². The Labute approximate surface area is 220 Å². The number of unbranched alkanes of at least 4 members (excludes halogenated alkanes) is 22. The maximum atomic E-state index is 12.1. The molecule has 0 aromatic heterocycles. The van der Waals surface area contributed by atoms with Crippen LogP contribution in [0.25, 0.3) is 0 Å². The summed E-state index contributed by atoms with van der Waals surface area (Å²) in [5.74, 6) is 0.110. The van der Waals surface area contributed by atoms with Crippen molar-refractivity contribution in [1.82, 2.24) is 0 Å². The Morgan fingerprint density at radius 1 is 0.457 bits per heavy atom. The number of aliphatic hydroxyl groups is 2. The summed E-state index contributed by atoms with van der Waals surface area (Å²) in [6.45, 7) is 4.53. The third kappa shape index (κ3) is 26.5. The number of Topliss-reactive ketones (excluding diaryl/α,β-unsaturated/α-hetero) is 1. The van der Waals surface area contributed by atoms with Gasteiger partial charge in [-0.25, -0.2) is 0 Å². The lowest BCUT2D eigenvalue weighted by molar-refractivity contribution is -0.123. The van der Waals surface area contributed by atoms with E-state index in [0.29, 0.717) is 12.8 Å². The fraction of sp³-hybridized carbons (Fsp3) is 0.969. The van der Waals surface area contributed by atoms with Crippen LogP contribution >= 0.6 is 0 Å². The van der Waals surface area contributed by atoms with Crippen LogP contribution in [0.15, 0.2) is 0 Å². The van der Waals surface area contributed by atoms with E-state index in [1.807, 2.05) is 0 Å².